The number of fused-ring (bicyclic) bond motifs is 1. The van der Waals surface area contributed by atoms with Crippen molar-refractivity contribution in [2.45, 2.75) is 19.4 Å². The maximum absolute atomic E-state index is 11.3. The summed E-state index contributed by atoms with van der Waals surface area (Å²) >= 11 is 0. The molecule has 3 rings (SSSR count). The van der Waals surface area contributed by atoms with Crippen molar-refractivity contribution >= 4 is 5.91 Å². The normalized spacial score (nSPS) is 33.8. The standard InChI is InChI=1S/C11H12N2O/c1-6-2-3-7(5-12-6)10-8-4-9(8)11(14)13-10/h2-3,5,8-10H,4H2,1H3,(H,13,14). The smallest absolute Gasteiger partial charge is 0.223 e. The lowest BCUT2D eigenvalue weighted by Gasteiger charge is -2.12. The molecule has 1 amide bonds. The second-order valence-electron chi connectivity index (χ2n) is 4.23. The highest BCUT2D eigenvalue weighted by Crippen LogP contribution is 2.52. The lowest BCUT2D eigenvalue weighted by molar-refractivity contribution is -0.121. The number of carbonyl (C=O) groups is 1. The van der Waals surface area contributed by atoms with E-state index in [1.54, 1.807) is 0 Å². The number of amides is 1. The molecule has 0 spiro atoms. The average molecular weight is 188 g/mol. The van der Waals surface area contributed by atoms with Gasteiger partial charge in [-0.3, -0.25) is 9.78 Å². The summed E-state index contributed by atoms with van der Waals surface area (Å²) in [7, 11) is 0. The molecule has 2 aliphatic rings. The molecule has 3 heteroatoms. The molecule has 1 aromatic heterocycles. The minimum atomic E-state index is 0.223. The van der Waals surface area contributed by atoms with Crippen molar-refractivity contribution < 1.29 is 4.79 Å². The number of aryl methyl sites for hydroxylation is 1. The summed E-state index contributed by atoms with van der Waals surface area (Å²) in [5.74, 6) is 1.05. The Kier molecular flexibility index (Phi) is 1.46. The van der Waals surface area contributed by atoms with Gasteiger partial charge in [-0.25, -0.2) is 0 Å². The van der Waals surface area contributed by atoms with Gasteiger partial charge in [0.05, 0.1) is 6.04 Å². The summed E-state index contributed by atoms with van der Waals surface area (Å²) in [4.78, 5) is 15.6. The zero-order valence-corrected chi connectivity index (χ0v) is 8.03. The van der Waals surface area contributed by atoms with Crippen LogP contribution in [0.2, 0.25) is 0 Å². The van der Waals surface area contributed by atoms with Gasteiger partial charge in [-0.15, -0.1) is 0 Å². The fourth-order valence-electron chi connectivity index (χ4n) is 2.25. The SMILES string of the molecule is Cc1ccc(C2NC(=O)C3CC32)cn1. The van der Waals surface area contributed by atoms with Gasteiger partial charge in [-0.05, 0) is 30.9 Å². The highest BCUT2D eigenvalue weighted by molar-refractivity contribution is 5.85. The van der Waals surface area contributed by atoms with Gasteiger partial charge in [0.2, 0.25) is 5.91 Å². The summed E-state index contributed by atoms with van der Waals surface area (Å²) in [5, 5.41) is 3.01. The topological polar surface area (TPSA) is 42.0 Å². The van der Waals surface area contributed by atoms with Crippen LogP contribution in [-0.2, 0) is 4.79 Å². The van der Waals surface area contributed by atoms with E-state index in [1.807, 2.05) is 19.2 Å². The Balaban J connectivity index is 1.89. The Labute approximate surface area is 82.5 Å². The first-order valence-electron chi connectivity index (χ1n) is 4.98. The Morgan fingerprint density at radius 1 is 1.50 bits per heavy atom. The molecule has 1 aromatic rings. The van der Waals surface area contributed by atoms with Crippen LogP contribution in [0.15, 0.2) is 18.3 Å². The highest BCUT2D eigenvalue weighted by atomic mass is 16.2. The fraction of sp³-hybridized carbons (Fsp3) is 0.455. The van der Waals surface area contributed by atoms with Gasteiger partial charge in [0.15, 0.2) is 0 Å². The van der Waals surface area contributed by atoms with E-state index in [0.29, 0.717) is 11.8 Å². The maximum Gasteiger partial charge on any atom is 0.223 e. The summed E-state index contributed by atoms with van der Waals surface area (Å²) in [6.07, 6.45) is 2.94. The van der Waals surface area contributed by atoms with E-state index < -0.39 is 0 Å². The van der Waals surface area contributed by atoms with Crippen LogP contribution < -0.4 is 5.32 Å². The Hall–Kier alpha value is -1.38. The summed E-state index contributed by atoms with van der Waals surface area (Å²) in [6.45, 7) is 1.97. The van der Waals surface area contributed by atoms with Crippen LogP contribution in [0.25, 0.3) is 0 Å². The number of aromatic nitrogens is 1. The number of piperidine rings is 1. The molecule has 1 aliphatic heterocycles. The van der Waals surface area contributed by atoms with Crippen LogP contribution in [0.1, 0.15) is 23.7 Å². The summed E-state index contributed by atoms with van der Waals surface area (Å²) in [6, 6.07) is 4.28. The van der Waals surface area contributed by atoms with Gasteiger partial charge >= 0.3 is 0 Å². The van der Waals surface area contributed by atoms with Gasteiger partial charge in [-0.1, -0.05) is 6.07 Å². The molecule has 3 nitrogen and oxygen atoms in total. The van der Waals surface area contributed by atoms with Gasteiger partial charge in [0.25, 0.3) is 0 Å². The molecule has 1 saturated heterocycles. The lowest BCUT2D eigenvalue weighted by Crippen LogP contribution is -2.23. The van der Waals surface area contributed by atoms with Crippen molar-refractivity contribution in [1.29, 1.82) is 0 Å². The zero-order chi connectivity index (χ0) is 9.71. The molecule has 1 aliphatic carbocycles. The van der Waals surface area contributed by atoms with Crippen molar-refractivity contribution in [1.82, 2.24) is 10.3 Å². The van der Waals surface area contributed by atoms with Crippen molar-refractivity contribution in [3.05, 3.63) is 29.6 Å². The van der Waals surface area contributed by atoms with Crippen molar-refractivity contribution in [2.24, 2.45) is 11.8 Å². The first-order chi connectivity index (χ1) is 6.75. The molecule has 3 atom stereocenters. The number of carbonyl (C=O) groups excluding carboxylic acids is 1. The molecule has 14 heavy (non-hydrogen) atoms. The maximum atomic E-state index is 11.3. The van der Waals surface area contributed by atoms with Crippen LogP contribution >= 0.6 is 0 Å². The van der Waals surface area contributed by atoms with Crippen LogP contribution in [0.3, 0.4) is 0 Å². The van der Waals surface area contributed by atoms with E-state index in [9.17, 15) is 4.79 Å². The average Bonchev–Trinajstić information content (AvgIpc) is 2.90. The summed E-state index contributed by atoms with van der Waals surface area (Å²) in [5.41, 5.74) is 2.17. The number of hydrogen-bond donors (Lipinski definition) is 1. The molecular weight excluding hydrogens is 176 g/mol. The van der Waals surface area contributed by atoms with E-state index in [-0.39, 0.29) is 11.9 Å². The van der Waals surface area contributed by atoms with E-state index >= 15 is 0 Å². The summed E-state index contributed by atoms with van der Waals surface area (Å²) < 4.78 is 0. The Bertz CT molecular complexity index is 385. The first kappa shape index (κ1) is 7.97. The highest BCUT2D eigenvalue weighted by Gasteiger charge is 2.54. The van der Waals surface area contributed by atoms with Gasteiger partial charge in [-0.2, -0.15) is 0 Å². The molecule has 1 N–H and O–H groups in total. The molecule has 0 aromatic carbocycles. The van der Waals surface area contributed by atoms with Crippen molar-refractivity contribution in [2.75, 3.05) is 0 Å². The van der Waals surface area contributed by atoms with Gasteiger partial charge in [0.1, 0.15) is 0 Å². The number of nitrogens with zero attached hydrogens (tertiary/aromatic N) is 1. The quantitative estimate of drug-likeness (QED) is 0.719. The van der Waals surface area contributed by atoms with Gasteiger partial charge in [0, 0.05) is 17.8 Å². The molecule has 2 heterocycles. The molecule has 1 saturated carbocycles. The second-order valence-corrected chi connectivity index (χ2v) is 4.23. The minimum Gasteiger partial charge on any atom is -0.349 e. The fourth-order valence-corrected chi connectivity index (χ4v) is 2.25. The minimum absolute atomic E-state index is 0.223. The molecule has 0 bridgehead atoms. The van der Waals surface area contributed by atoms with E-state index in [4.69, 9.17) is 0 Å². The van der Waals surface area contributed by atoms with Crippen molar-refractivity contribution in [3.8, 4) is 0 Å². The van der Waals surface area contributed by atoms with Crippen LogP contribution in [0.4, 0.5) is 0 Å². The predicted molar refractivity (Wildman–Crippen MR) is 51.5 cm³/mol. The third-order valence-electron chi connectivity index (χ3n) is 3.20. The molecule has 3 unspecified atom stereocenters. The third-order valence-corrected chi connectivity index (χ3v) is 3.20. The van der Waals surface area contributed by atoms with Gasteiger partial charge < -0.3 is 5.32 Å². The number of nitrogens with one attached hydrogen (secondary N) is 1. The largest absolute Gasteiger partial charge is 0.349 e. The van der Waals surface area contributed by atoms with Crippen molar-refractivity contribution in [3.63, 3.8) is 0 Å². The van der Waals surface area contributed by atoms with Crippen LogP contribution in [-0.4, -0.2) is 10.9 Å². The monoisotopic (exact) mass is 188 g/mol. The van der Waals surface area contributed by atoms with E-state index in [2.05, 4.69) is 16.4 Å². The molecule has 2 fully saturated rings. The number of rotatable bonds is 1. The molecular formula is C11H12N2O. The Morgan fingerprint density at radius 3 is 2.86 bits per heavy atom. The Morgan fingerprint density at radius 2 is 2.36 bits per heavy atom. The van der Waals surface area contributed by atoms with E-state index in [0.717, 1.165) is 17.7 Å². The predicted octanol–water partition coefficient (Wildman–Crippen LogP) is 1.20. The van der Waals surface area contributed by atoms with Crippen LogP contribution in [0, 0.1) is 18.8 Å². The molecule has 0 radical (unpaired) electrons. The lowest BCUT2D eigenvalue weighted by atomic mass is 10.1. The first-order valence-corrected chi connectivity index (χ1v) is 4.98. The number of hydrogen-bond acceptors (Lipinski definition) is 2. The third kappa shape index (κ3) is 1.05. The second kappa shape index (κ2) is 2.56. The molecule has 72 valence electrons. The zero-order valence-electron chi connectivity index (χ0n) is 8.03. The number of pyridine rings is 1. The van der Waals surface area contributed by atoms with Crippen LogP contribution in [0.5, 0.6) is 0 Å². The van der Waals surface area contributed by atoms with E-state index in [1.165, 1.54) is 0 Å².